The highest BCUT2D eigenvalue weighted by Crippen LogP contribution is 2.30. The van der Waals surface area contributed by atoms with Gasteiger partial charge in [-0.05, 0) is 12.1 Å². The molecule has 0 radical (unpaired) electrons. The highest BCUT2D eigenvalue weighted by Gasteiger charge is 2.08. The minimum Gasteiger partial charge on any atom is -0.487 e. The molecule has 0 atom stereocenters. The maximum Gasteiger partial charge on any atom is 0.142 e. The Morgan fingerprint density at radius 1 is 1.28 bits per heavy atom. The first-order chi connectivity index (χ1) is 8.70. The van der Waals surface area contributed by atoms with Crippen LogP contribution in [0.15, 0.2) is 36.7 Å². The van der Waals surface area contributed by atoms with Crippen molar-refractivity contribution in [2.45, 2.75) is 12.5 Å². The van der Waals surface area contributed by atoms with E-state index >= 15 is 0 Å². The molecule has 1 aromatic carbocycles. The molecule has 0 aliphatic rings. The van der Waals surface area contributed by atoms with E-state index in [-0.39, 0.29) is 6.61 Å². The summed E-state index contributed by atoms with van der Waals surface area (Å²) in [5.74, 6) is 0.434. The topological polar surface area (TPSA) is 22.1 Å². The van der Waals surface area contributed by atoms with E-state index in [1.807, 2.05) is 6.07 Å². The van der Waals surface area contributed by atoms with Gasteiger partial charge < -0.3 is 4.74 Å². The van der Waals surface area contributed by atoms with Crippen LogP contribution < -0.4 is 4.74 Å². The van der Waals surface area contributed by atoms with Gasteiger partial charge in [-0.2, -0.15) is 0 Å². The summed E-state index contributed by atoms with van der Waals surface area (Å²) in [5, 5.41) is 0.484. The number of hydrogen-bond donors (Lipinski definition) is 0. The lowest BCUT2D eigenvalue weighted by Gasteiger charge is -2.11. The number of benzene rings is 1. The first-order valence-electron chi connectivity index (χ1n) is 5.26. The van der Waals surface area contributed by atoms with Crippen LogP contribution in [0.2, 0.25) is 5.02 Å². The second-order valence-corrected chi connectivity index (χ2v) is 4.34. The predicted octanol–water partition coefficient (Wildman–Crippen LogP) is 4.19. The number of rotatable bonds is 4. The zero-order chi connectivity index (χ0) is 13.0. The fourth-order valence-corrected chi connectivity index (χ4v) is 1.97. The molecule has 0 saturated carbocycles. The van der Waals surface area contributed by atoms with Gasteiger partial charge in [0.05, 0.1) is 17.1 Å². The van der Waals surface area contributed by atoms with E-state index in [9.17, 15) is 4.39 Å². The van der Waals surface area contributed by atoms with Gasteiger partial charge in [0.25, 0.3) is 0 Å². The maximum atomic E-state index is 13.0. The average molecular weight is 286 g/mol. The monoisotopic (exact) mass is 285 g/mol. The number of hydrogen-bond acceptors (Lipinski definition) is 2. The van der Waals surface area contributed by atoms with Crippen LogP contribution in [0.4, 0.5) is 4.39 Å². The second kappa shape index (κ2) is 6.03. The highest BCUT2D eigenvalue weighted by molar-refractivity contribution is 6.32. The highest BCUT2D eigenvalue weighted by atomic mass is 35.5. The Morgan fingerprint density at radius 2 is 2.11 bits per heavy atom. The molecule has 2 nitrogen and oxygen atoms in total. The van der Waals surface area contributed by atoms with Crippen LogP contribution in [0.5, 0.6) is 5.75 Å². The lowest BCUT2D eigenvalue weighted by Crippen LogP contribution is -1.99. The molecule has 2 rings (SSSR count). The summed E-state index contributed by atoms with van der Waals surface area (Å²) in [6.07, 6.45) is 2.68. The fourth-order valence-electron chi connectivity index (χ4n) is 1.51. The van der Waals surface area contributed by atoms with Gasteiger partial charge in [0.1, 0.15) is 18.2 Å². The minimum atomic E-state index is -0.396. The Morgan fingerprint density at radius 3 is 2.83 bits per heavy atom. The fraction of sp³-hybridized carbons (Fsp3) is 0.154. The van der Waals surface area contributed by atoms with E-state index in [0.29, 0.717) is 22.2 Å². The molecular formula is C13H10Cl2FNO. The molecule has 1 aromatic heterocycles. The summed E-state index contributed by atoms with van der Waals surface area (Å²) in [4.78, 5) is 3.75. The smallest absolute Gasteiger partial charge is 0.142 e. The van der Waals surface area contributed by atoms with Gasteiger partial charge in [-0.3, -0.25) is 4.98 Å². The van der Waals surface area contributed by atoms with Crippen molar-refractivity contribution < 1.29 is 9.13 Å². The number of ether oxygens (including phenoxy) is 1. The van der Waals surface area contributed by atoms with Crippen LogP contribution in [-0.2, 0) is 12.5 Å². The molecule has 0 fully saturated rings. The predicted molar refractivity (Wildman–Crippen MR) is 69.5 cm³/mol. The second-order valence-electron chi connectivity index (χ2n) is 3.66. The molecule has 94 valence electrons. The number of nitrogens with zero attached hydrogens (tertiary/aromatic N) is 1. The van der Waals surface area contributed by atoms with E-state index in [0.717, 1.165) is 11.8 Å². The van der Waals surface area contributed by atoms with E-state index in [1.165, 1.54) is 6.07 Å². The minimum absolute atomic E-state index is 0.193. The quantitative estimate of drug-likeness (QED) is 0.786. The largest absolute Gasteiger partial charge is 0.487 e. The summed E-state index contributed by atoms with van der Waals surface area (Å²) < 4.78 is 18.5. The van der Waals surface area contributed by atoms with Crippen LogP contribution in [0.1, 0.15) is 11.1 Å². The number of aromatic nitrogens is 1. The average Bonchev–Trinajstić information content (AvgIpc) is 2.37. The van der Waals surface area contributed by atoms with E-state index < -0.39 is 5.82 Å². The van der Waals surface area contributed by atoms with Crippen molar-refractivity contribution in [3.8, 4) is 5.75 Å². The number of halogens is 3. The van der Waals surface area contributed by atoms with Gasteiger partial charge >= 0.3 is 0 Å². The lowest BCUT2D eigenvalue weighted by atomic mass is 10.2. The third-order valence-corrected chi connectivity index (χ3v) is 2.92. The third kappa shape index (κ3) is 3.12. The Kier molecular flexibility index (Phi) is 4.39. The first kappa shape index (κ1) is 13.1. The SMILES string of the molecule is Fc1cncc(COc2c(Cl)cccc2CCl)c1. The van der Waals surface area contributed by atoms with Gasteiger partial charge in [0, 0.05) is 17.3 Å². The number of pyridine rings is 1. The van der Waals surface area contributed by atoms with Gasteiger partial charge in [-0.25, -0.2) is 4.39 Å². The first-order valence-corrected chi connectivity index (χ1v) is 6.17. The summed E-state index contributed by atoms with van der Waals surface area (Å²) in [7, 11) is 0. The number of alkyl halides is 1. The van der Waals surface area contributed by atoms with Crippen LogP contribution in [0, 0.1) is 5.82 Å². The molecule has 0 amide bonds. The van der Waals surface area contributed by atoms with Crippen molar-refractivity contribution in [2.75, 3.05) is 0 Å². The summed E-state index contributed by atoms with van der Waals surface area (Å²) in [5.41, 5.74) is 1.43. The van der Waals surface area contributed by atoms with E-state index in [4.69, 9.17) is 27.9 Å². The van der Waals surface area contributed by atoms with Crippen molar-refractivity contribution in [1.29, 1.82) is 0 Å². The molecule has 5 heteroatoms. The molecule has 1 heterocycles. The molecule has 2 aromatic rings. The molecule has 0 unspecified atom stereocenters. The van der Waals surface area contributed by atoms with Crippen molar-refractivity contribution in [3.63, 3.8) is 0 Å². The zero-order valence-corrected chi connectivity index (χ0v) is 10.9. The zero-order valence-electron chi connectivity index (χ0n) is 9.37. The molecular weight excluding hydrogens is 276 g/mol. The van der Waals surface area contributed by atoms with Gasteiger partial charge in [0.15, 0.2) is 0 Å². The number of para-hydroxylation sites is 1. The third-order valence-electron chi connectivity index (χ3n) is 2.34. The lowest BCUT2D eigenvalue weighted by molar-refractivity contribution is 0.303. The van der Waals surface area contributed by atoms with Crippen LogP contribution in [0.3, 0.4) is 0 Å². The normalized spacial score (nSPS) is 10.4. The molecule has 0 aliphatic heterocycles. The van der Waals surface area contributed by atoms with E-state index in [2.05, 4.69) is 4.98 Å². The molecule has 0 spiro atoms. The van der Waals surface area contributed by atoms with E-state index in [1.54, 1.807) is 18.3 Å². The van der Waals surface area contributed by atoms with Crippen molar-refractivity contribution in [3.05, 3.63) is 58.6 Å². The van der Waals surface area contributed by atoms with Crippen molar-refractivity contribution in [2.24, 2.45) is 0 Å². The van der Waals surface area contributed by atoms with Crippen LogP contribution >= 0.6 is 23.2 Å². The van der Waals surface area contributed by atoms with Crippen LogP contribution in [0.25, 0.3) is 0 Å². The van der Waals surface area contributed by atoms with Crippen molar-refractivity contribution >= 4 is 23.2 Å². The molecule has 0 saturated heterocycles. The Labute approximate surface area is 114 Å². The maximum absolute atomic E-state index is 13.0. The Balaban J connectivity index is 2.15. The van der Waals surface area contributed by atoms with Gasteiger partial charge in [-0.1, -0.05) is 23.7 Å². The molecule has 18 heavy (non-hydrogen) atoms. The van der Waals surface area contributed by atoms with Crippen LogP contribution in [-0.4, -0.2) is 4.98 Å². The standard InChI is InChI=1S/C13H10Cl2FNO/c14-5-10-2-1-3-12(15)13(10)18-8-9-4-11(16)7-17-6-9/h1-4,6-7H,5,8H2. The summed E-state index contributed by atoms with van der Waals surface area (Å²) in [6, 6.07) is 6.72. The molecule has 0 N–H and O–H groups in total. The molecule has 0 aliphatic carbocycles. The van der Waals surface area contributed by atoms with Crippen molar-refractivity contribution in [1.82, 2.24) is 4.98 Å². The summed E-state index contributed by atoms with van der Waals surface area (Å²) >= 11 is 11.8. The van der Waals surface area contributed by atoms with Gasteiger partial charge in [0.2, 0.25) is 0 Å². The Bertz CT molecular complexity index is 548. The Hall–Kier alpha value is -1.32. The van der Waals surface area contributed by atoms with Gasteiger partial charge in [-0.15, -0.1) is 11.6 Å². The summed E-state index contributed by atoms with van der Waals surface area (Å²) in [6.45, 7) is 0.193. The molecule has 0 bridgehead atoms.